The summed E-state index contributed by atoms with van der Waals surface area (Å²) < 4.78 is 28.0. The zero-order chi connectivity index (χ0) is 16.7. The summed E-state index contributed by atoms with van der Waals surface area (Å²) in [7, 11) is 0. The van der Waals surface area contributed by atoms with Crippen LogP contribution in [0.2, 0.25) is 0 Å². The Bertz CT molecular complexity index is 765. The minimum absolute atomic E-state index is 0.197. The molecule has 1 atom stereocenters. The summed E-state index contributed by atoms with van der Waals surface area (Å²) in [5.74, 6) is -2.04. The van der Waals surface area contributed by atoms with E-state index in [-0.39, 0.29) is 5.92 Å². The Morgan fingerprint density at radius 3 is 2.43 bits per heavy atom. The van der Waals surface area contributed by atoms with E-state index in [1.54, 1.807) is 0 Å². The summed E-state index contributed by atoms with van der Waals surface area (Å²) in [6.07, 6.45) is 0.874. The largest absolute Gasteiger partial charge is 0.307 e. The number of hydrogen-bond donors (Lipinski definition) is 0. The Morgan fingerprint density at radius 2 is 1.83 bits per heavy atom. The Kier molecular flexibility index (Phi) is 3.92. The van der Waals surface area contributed by atoms with Crippen molar-refractivity contribution in [2.45, 2.75) is 33.1 Å². The first-order valence-electron chi connectivity index (χ1n) is 7.81. The van der Waals surface area contributed by atoms with Crippen molar-refractivity contribution in [2.24, 2.45) is 0 Å². The van der Waals surface area contributed by atoms with Gasteiger partial charge >= 0.3 is 0 Å². The van der Waals surface area contributed by atoms with Gasteiger partial charge in [-0.1, -0.05) is 25.1 Å². The predicted octanol–water partition coefficient (Wildman–Crippen LogP) is 4.74. The number of anilines is 1. The smallest absolute Gasteiger partial charge is 0.264 e. The van der Waals surface area contributed by atoms with Crippen LogP contribution >= 0.6 is 0 Å². The van der Waals surface area contributed by atoms with Crippen molar-refractivity contribution >= 4 is 11.6 Å². The van der Waals surface area contributed by atoms with E-state index < -0.39 is 23.1 Å². The Labute approximate surface area is 134 Å². The third kappa shape index (κ3) is 2.42. The molecule has 0 saturated heterocycles. The maximum atomic E-state index is 14.0. The molecule has 0 aliphatic carbocycles. The van der Waals surface area contributed by atoms with Gasteiger partial charge in [0.15, 0.2) is 0 Å². The summed E-state index contributed by atoms with van der Waals surface area (Å²) in [4.78, 5) is 14.4. The molecule has 0 radical (unpaired) electrons. The average Bonchev–Trinajstić information content (AvgIpc) is 2.90. The Morgan fingerprint density at radius 1 is 1.17 bits per heavy atom. The highest BCUT2D eigenvalue weighted by Crippen LogP contribution is 2.42. The van der Waals surface area contributed by atoms with Gasteiger partial charge in [-0.15, -0.1) is 0 Å². The van der Waals surface area contributed by atoms with Crippen LogP contribution in [0.25, 0.3) is 0 Å². The van der Waals surface area contributed by atoms with Crippen LogP contribution in [0.1, 0.15) is 46.3 Å². The number of aryl methyl sites for hydroxylation is 1. The molecule has 0 spiro atoms. The lowest BCUT2D eigenvalue weighted by Gasteiger charge is -2.21. The number of hydrogen-bond acceptors (Lipinski definition) is 1. The van der Waals surface area contributed by atoms with Crippen LogP contribution in [-0.2, 0) is 0 Å². The monoisotopic (exact) mass is 315 g/mol. The first kappa shape index (κ1) is 15.7. The van der Waals surface area contributed by atoms with E-state index >= 15 is 0 Å². The molecule has 0 saturated carbocycles. The van der Waals surface area contributed by atoms with Gasteiger partial charge in [0.25, 0.3) is 5.91 Å². The number of rotatable bonds is 2. The second kappa shape index (κ2) is 5.76. The van der Waals surface area contributed by atoms with Crippen LogP contribution in [0.4, 0.5) is 14.5 Å². The zero-order valence-electron chi connectivity index (χ0n) is 13.5. The molecular weight excluding hydrogens is 296 g/mol. The molecule has 23 heavy (non-hydrogen) atoms. The molecule has 1 amide bonds. The molecule has 0 bridgehead atoms. The molecule has 2 nitrogen and oxygen atoms in total. The van der Waals surface area contributed by atoms with Gasteiger partial charge in [-0.3, -0.25) is 4.79 Å². The fraction of sp³-hybridized carbons (Fsp3) is 0.316. The highest BCUT2D eigenvalue weighted by molar-refractivity contribution is 6.08. The van der Waals surface area contributed by atoms with E-state index in [1.807, 2.05) is 26.0 Å². The Balaban J connectivity index is 2.13. The number of carbonyl (C=O) groups excluding carboxylic acids is 1. The quantitative estimate of drug-likeness (QED) is 0.784. The third-order valence-corrected chi connectivity index (χ3v) is 4.76. The van der Waals surface area contributed by atoms with Gasteiger partial charge < -0.3 is 4.90 Å². The number of halogens is 2. The zero-order valence-corrected chi connectivity index (χ0v) is 13.5. The minimum atomic E-state index is -0.818. The number of carbonyl (C=O) groups is 1. The Hall–Kier alpha value is -2.23. The van der Waals surface area contributed by atoms with E-state index in [0.717, 1.165) is 40.9 Å². The molecule has 1 aliphatic heterocycles. The standard InChI is InChI=1S/C19H19F2NO/c1-4-13-10-22(18-12(3)11(2)8-9-14(13)18)19(23)17-15(20)6-5-7-16(17)21/h5-9,13H,4,10H2,1-3H3. The van der Waals surface area contributed by atoms with Gasteiger partial charge in [-0.05, 0) is 49.1 Å². The normalized spacial score (nSPS) is 16.6. The number of nitrogens with zero attached hydrogens (tertiary/aromatic N) is 1. The van der Waals surface area contributed by atoms with Crippen LogP contribution in [0, 0.1) is 25.5 Å². The molecule has 1 aliphatic rings. The van der Waals surface area contributed by atoms with Gasteiger partial charge in [0.05, 0.1) is 5.69 Å². The number of amides is 1. The van der Waals surface area contributed by atoms with E-state index in [1.165, 1.54) is 11.0 Å². The molecule has 2 aromatic rings. The minimum Gasteiger partial charge on any atom is -0.307 e. The maximum Gasteiger partial charge on any atom is 0.264 e. The summed E-state index contributed by atoms with van der Waals surface area (Å²) >= 11 is 0. The lowest BCUT2D eigenvalue weighted by atomic mass is 9.95. The van der Waals surface area contributed by atoms with E-state index in [0.29, 0.717) is 6.54 Å². The highest BCUT2D eigenvalue weighted by Gasteiger charge is 2.35. The van der Waals surface area contributed by atoms with Crippen LogP contribution in [0.15, 0.2) is 30.3 Å². The molecule has 0 fully saturated rings. The molecule has 120 valence electrons. The van der Waals surface area contributed by atoms with Crippen molar-refractivity contribution in [3.05, 3.63) is 64.2 Å². The second-order valence-electron chi connectivity index (χ2n) is 6.06. The number of fused-ring (bicyclic) bond motifs is 1. The topological polar surface area (TPSA) is 20.3 Å². The second-order valence-corrected chi connectivity index (χ2v) is 6.06. The highest BCUT2D eigenvalue weighted by atomic mass is 19.1. The molecule has 1 heterocycles. The first-order valence-corrected chi connectivity index (χ1v) is 7.81. The molecule has 4 heteroatoms. The molecule has 3 rings (SSSR count). The first-order chi connectivity index (χ1) is 11.0. The molecular formula is C19H19F2NO. The van der Waals surface area contributed by atoms with Crippen molar-refractivity contribution in [3.8, 4) is 0 Å². The van der Waals surface area contributed by atoms with Crippen LogP contribution in [0.5, 0.6) is 0 Å². The van der Waals surface area contributed by atoms with E-state index in [9.17, 15) is 13.6 Å². The maximum absolute atomic E-state index is 14.0. The van der Waals surface area contributed by atoms with Gasteiger partial charge in [-0.2, -0.15) is 0 Å². The average molecular weight is 315 g/mol. The molecule has 0 N–H and O–H groups in total. The van der Waals surface area contributed by atoms with E-state index in [4.69, 9.17) is 0 Å². The van der Waals surface area contributed by atoms with Crippen molar-refractivity contribution in [1.29, 1.82) is 0 Å². The van der Waals surface area contributed by atoms with Crippen LogP contribution in [-0.4, -0.2) is 12.5 Å². The molecule has 1 unspecified atom stereocenters. The molecule has 2 aromatic carbocycles. The lowest BCUT2D eigenvalue weighted by Crippen LogP contribution is -2.31. The lowest BCUT2D eigenvalue weighted by molar-refractivity contribution is 0.0980. The van der Waals surface area contributed by atoms with Crippen LogP contribution < -0.4 is 4.90 Å². The van der Waals surface area contributed by atoms with Crippen molar-refractivity contribution < 1.29 is 13.6 Å². The van der Waals surface area contributed by atoms with Crippen LogP contribution in [0.3, 0.4) is 0 Å². The summed E-state index contributed by atoms with van der Waals surface area (Å²) in [6, 6.07) is 7.57. The number of benzene rings is 2. The summed E-state index contributed by atoms with van der Waals surface area (Å²) in [5.41, 5.74) is 3.47. The summed E-state index contributed by atoms with van der Waals surface area (Å²) in [5, 5.41) is 0. The van der Waals surface area contributed by atoms with Crippen molar-refractivity contribution in [2.75, 3.05) is 11.4 Å². The summed E-state index contributed by atoms with van der Waals surface area (Å²) in [6.45, 7) is 6.44. The van der Waals surface area contributed by atoms with Gasteiger partial charge in [0, 0.05) is 12.5 Å². The fourth-order valence-corrected chi connectivity index (χ4v) is 3.29. The fourth-order valence-electron chi connectivity index (χ4n) is 3.29. The van der Waals surface area contributed by atoms with Crippen molar-refractivity contribution in [1.82, 2.24) is 0 Å². The molecule has 0 aromatic heterocycles. The van der Waals surface area contributed by atoms with Gasteiger partial charge in [0.2, 0.25) is 0 Å². The van der Waals surface area contributed by atoms with Gasteiger partial charge in [0.1, 0.15) is 17.2 Å². The van der Waals surface area contributed by atoms with Crippen molar-refractivity contribution in [3.63, 3.8) is 0 Å². The predicted molar refractivity (Wildman–Crippen MR) is 87.0 cm³/mol. The SMILES string of the molecule is CCC1CN(C(=O)c2c(F)cccc2F)c2c1ccc(C)c2C. The third-order valence-electron chi connectivity index (χ3n) is 4.76. The van der Waals surface area contributed by atoms with Gasteiger partial charge in [-0.25, -0.2) is 8.78 Å². The van der Waals surface area contributed by atoms with E-state index in [2.05, 4.69) is 6.92 Å².